The minimum absolute atomic E-state index is 0.0780. The van der Waals surface area contributed by atoms with Gasteiger partial charge in [0.25, 0.3) is 15.7 Å². The number of carbonyl (C=O) groups excluding carboxylic acids is 1. The van der Waals surface area contributed by atoms with Crippen molar-refractivity contribution in [3.05, 3.63) is 82.2 Å². The third-order valence-electron chi connectivity index (χ3n) is 5.19. The maximum atomic E-state index is 14.0. The first-order valence-electron chi connectivity index (χ1n) is 10.4. The first-order chi connectivity index (χ1) is 16.6. The fourth-order valence-electron chi connectivity index (χ4n) is 3.44. The van der Waals surface area contributed by atoms with Crippen LogP contribution in [0.4, 0.5) is 21.5 Å². The molecule has 0 fully saturated rings. The molecular formula is C23H20FN3O7S. The van der Waals surface area contributed by atoms with Crippen molar-refractivity contribution in [3.8, 4) is 11.5 Å². The summed E-state index contributed by atoms with van der Waals surface area (Å²) in [5, 5.41) is 13.6. The molecule has 12 heteroatoms. The zero-order valence-electron chi connectivity index (χ0n) is 18.4. The maximum Gasteiger partial charge on any atom is 0.271 e. The Hall–Kier alpha value is -4.19. The van der Waals surface area contributed by atoms with Crippen molar-refractivity contribution in [3.63, 3.8) is 0 Å². The second-order valence-corrected chi connectivity index (χ2v) is 9.46. The average Bonchev–Trinajstić information content (AvgIpc) is 2.83. The van der Waals surface area contributed by atoms with E-state index in [4.69, 9.17) is 9.47 Å². The van der Waals surface area contributed by atoms with Crippen LogP contribution in [0, 0.1) is 22.9 Å². The van der Waals surface area contributed by atoms with E-state index in [2.05, 4.69) is 5.32 Å². The van der Waals surface area contributed by atoms with Crippen molar-refractivity contribution >= 4 is 33.0 Å². The number of fused-ring (bicyclic) bond motifs is 1. The highest BCUT2D eigenvalue weighted by Crippen LogP contribution is 2.34. The van der Waals surface area contributed by atoms with Gasteiger partial charge >= 0.3 is 0 Å². The maximum absolute atomic E-state index is 14.0. The highest BCUT2D eigenvalue weighted by Gasteiger charge is 2.29. The molecule has 1 amide bonds. The zero-order chi connectivity index (χ0) is 25.2. The molecule has 1 aliphatic heterocycles. The van der Waals surface area contributed by atoms with E-state index < -0.39 is 33.2 Å². The van der Waals surface area contributed by atoms with Crippen molar-refractivity contribution in [2.24, 2.45) is 0 Å². The van der Waals surface area contributed by atoms with Gasteiger partial charge in [0.15, 0.2) is 11.5 Å². The van der Waals surface area contributed by atoms with Crippen molar-refractivity contribution in [2.75, 3.05) is 29.4 Å². The number of ether oxygens (including phenoxy) is 2. The summed E-state index contributed by atoms with van der Waals surface area (Å²) in [6, 6.07) is 12.8. The van der Waals surface area contributed by atoms with Crippen LogP contribution in [0.15, 0.2) is 65.6 Å². The summed E-state index contributed by atoms with van der Waals surface area (Å²) >= 11 is 0. The molecule has 182 valence electrons. The summed E-state index contributed by atoms with van der Waals surface area (Å²) in [6.45, 7) is 1.48. The van der Waals surface area contributed by atoms with Crippen LogP contribution in [0.3, 0.4) is 0 Å². The number of benzene rings is 3. The van der Waals surface area contributed by atoms with Gasteiger partial charge in [0.1, 0.15) is 25.6 Å². The number of carbonyl (C=O) groups is 1. The standard InChI is InChI=1S/C23H20FN3O7S/c1-15-5-6-18(27(29)30)12-20(15)25-23(28)14-26(17-4-2-3-16(24)11-17)35(31,32)19-7-8-21-22(13-19)34-10-9-33-21/h2-8,11-13H,9-10,14H2,1H3,(H,25,28). The van der Waals surface area contributed by atoms with Gasteiger partial charge in [0.2, 0.25) is 5.91 Å². The molecule has 4 rings (SSSR count). The molecule has 0 saturated heterocycles. The molecule has 1 heterocycles. The fourth-order valence-corrected chi connectivity index (χ4v) is 4.86. The number of non-ortho nitro benzene ring substituents is 1. The van der Waals surface area contributed by atoms with E-state index >= 15 is 0 Å². The minimum atomic E-state index is -4.36. The van der Waals surface area contributed by atoms with Crippen molar-refractivity contribution < 1.29 is 32.0 Å². The van der Waals surface area contributed by atoms with Gasteiger partial charge in [0.05, 0.1) is 21.2 Å². The van der Waals surface area contributed by atoms with E-state index in [1.54, 1.807) is 6.92 Å². The number of hydrogen-bond acceptors (Lipinski definition) is 7. The van der Waals surface area contributed by atoms with Crippen LogP contribution >= 0.6 is 0 Å². The highest BCUT2D eigenvalue weighted by atomic mass is 32.2. The lowest BCUT2D eigenvalue weighted by Gasteiger charge is -2.25. The number of halogens is 1. The second kappa shape index (κ2) is 9.58. The summed E-state index contributed by atoms with van der Waals surface area (Å²) in [4.78, 5) is 23.2. The van der Waals surface area contributed by atoms with Gasteiger partial charge in [0, 0.05) is 18.2 Å². The molecule has 0 radical (unpaired) electrons. The third-order valence-corrected chi connectivity index (χ3v) is 6.96. The number of nitrogens with zero attached hydrogens (tertiary/aromatic N) is 2. The van der Waals surface area contributed by atoms with Gasteiger partial charge in [-0.3, -0.25) is 19.2 Å². The normalized spacial score (nSPS) is 12.6. The average molecular weight is 501 g/mol. The van der Waals surface area contributed by atoms with Crippen LogP contribution in [0.2, 0.25) is 0 Å². The molecule has 1 N–H and O–H groups in total. The van der Waals surface area contributed by atoms with Crippen molar-refractivity contribution in [1.29, 1.82) is 0 Å². The number of nitrogens with one attached hydrogen (secondary N) is 1. The fraction of sp³-hybridized carbons (Fsp3) is 0.174. The Balaban J connectivity index is 1.68. The molecule has 1 aliphatic rings. The smallest absolute Gasteiger partial charge is 0.271 e. The Bertz CT molecular complexity index is 1410. The molecule has 10 nitrogen and oxygen atoms in total. The Morgan fingerprint density at radius 2 is 1.83 bits per heavy atom. The number of sulfonamides is 1. The zero-order valence-corrected chi connectivity index (χ0v) is 19.2. The Kier molecular flexibility index (Phi) is 6.56. The second-order valence-electron chi connectivity index (χ2n) is 7.60. The number of nitro groups is 1. The summed E-state index contributed by atoms with van der Waals surface area (Å²) in [6.07, 6.45) is 0. The van der Waals surface area contributed by atoms with E-state index in [0.717, 1.165) is 16.4 Å². The molecule has 0 atom stereocenters. The summed E-state index contributed by atoms with van der Waals surface area (Å²) < 4.78 is 52.8. The number of aryl methyl sites for hydroxylation is 1. The van der Waals surface area contributed by atoms with Crippen LogP contribution in [0.25, 0.3) is 0 Å². The number of hydrogen-bond donors (Lipinski definition) is 1. The Morgan fingerprint density at radius 1 is 1.09 bits per heavy atom. The predicted octanol–water partition coefficient (Wildman–Crippen LogP) is 3.65. The van der Waals surface area contributed by atoms with E-state index in [-0.39, 0.29) is 34.3 Å². The number of anilines is 2. The number of amides is 1. The van der Waals surface area contributed by atoms with Crippen LogP contribution in [0.1, 0.15) is 5.56 Å². The van der Waals surface area contributed by atoms with Gasteiger partial charge < -0.3 is 14.8 Å². The van der Waals surface area contributed by atoms with Gasteiger partial charge in [-0.1, -0.05) is 12.1 Å². The molecular weight excluding hydrogens is 481 g/mol. The van der Waals surface area contributed by atoms with Crippen molar-refractivity contribution in [2.45, 2.75) is 11.8 Å². The van der Waals surface area contributed by atoms with E-state index in [1.807, 2.05) is 0 Å². The van der Waals surface area contributed by atoms with E-state index in [1.165, 1.54) is 48.5 Å². The molecule has 35 heavy (non-hydrogen) atoms. The van der Waals surface area contributed by atoms with Crippen LogP contribution in [-0.2, 0) is 14.8 Å². The monoisotopic (exact) mass is 501 g/mol. The topological polar surface area (TPSA) is 128 Å². The molecule has 0 spiro atoms. The van der Waals surface area contributed by atoms with Crippen LogP contribution < -0.4 is 19.1 Å². The molecule has 0 bridgehead atoms. The first kappa shape index (κ1) is 24.0. The van der Waals surface area contributed by atoms with Gasteiger partial charge in [-0.2, -0.15) is 0 Å². The largest absolute Gasteiger partial charge is 0.486 e. The lowest BCUT2D eigenvalue weighted by atomic mass is 10.2. The molecule has 0 aliphatic carbocycles. The minimum Gasteiger partial charge on any atom is -0.486 e. The van der Waals surface area contributed by atoms with Crippen LogP contribution in [-0.4, -0.2) is 39.0 Å². The van der Waals surface area contributed by atoms with Gasteiger partial charge in [-0.15, -0.1) is 0 Å². The Morgan fingerprint density at radius 3 is 2.54 bits per heavy atom. The molecule has 3 aromatic carbocycles. The van der Waals surface area contributed by atoms with Crippen molar-refractivity contribution in [1.82, 2.24) is 0 Å². The Labute approximate surface area is 200 Å². The SMILES string of the molecule is Cc1ccc([N+](=O)[O-])cc1NC(=O)CN(c1cccc(F)c1)S(=O)(=O)c1ccc2c(c1)OCCO2. The highest BCUT2D eigenvalue weighted by molar-refractivity contribution is 7.92. The van der Waals surface area contributed by atoms with Gasteiger partial charge in [-0.05, 0) is 42.8 Å². The molecule has 0 unspecified atom stereocenters. The first-order valence-corrected chi connectivity index (χ1v) is 11.8. The quantitative estimate of drug-likeness (QED) is 0.387. The lowest BCUT2D eigenvalue weighted by molar-refractivity contribution is -0.384. The molecule has 0 aromatic heterocycles. The summed E-state index contributed by atoms with van der Waals surface area (Å²) in [5.41, 5.74) is 0.374. The summed E-state index contributed by atoms with van der Waals surface area (Å²) in [5.74, 6) is -0.863. The van der Waals surface area contributed by atoms with E-state index in [0.29, 0.717) is 17.9 Å². The molecule has 0 saturated carbocycles. The van der Waals surface area contributed by atoms with Gasteiger partial charge in [-0.25, -0.2) is 12.8 Å². The third kappa shape index (κ3) is 5.17. The predicted molar refractivity (Wildman–Crippen MR) is 125 cm³/mol. The lowest BCUT2D eigenvalue weighted by Crippen LogP contribution is -2.38. The summed E-state index contributed by atoms with van der Waals surface area (Å²) in [7, 11) is -4.36. The van der Waals surface area contributed by atoms with Crippen LogP contribution in [0.5, 0.6) is 11.5 Å². The molecule has 3 aromatic rings. The number of rotatable bonds is 7. The number of nitro benzene ring substituents is 1. The van der Waals surface area contributed by atoms with E-state index in [9.17, 15) is 27.7 Å².